The van der Waals surface area contributed by atoms with E-state index in [4.69, 9.17) is 9.47 Å². The number of carbonyl (C=O) groups excluding carboxylic acids is 1. The van der Waals surface area contributed by atoms with Crippen molar-refractivity contribution in [3.05, 3.63) is 23.8 Å². The number of hydrogen-bond acceptors (Lipinski definition) is 6. The molecule has 6 nitrogen and oxygen atoms in total. The van der Waals surface area contributed by atoms with Crippen molar-refractivity contribution in [2.45, 2.75) is 6.92 Å². The summed E-state index contributed by atoms with van der Waals surface area (Å²) in [5.41, 5.74) is 0.904. The van der Waals surface area contributed by atoms with Crippen LogP contribution in [0.25, 0.3) is 0 Å². The highest BCUT2D eigenvalue weighted by molar-refractivity contribution is 5.81. The summed E-state index contributed by atoms with van der Waals surface area (Å²) in [4.78, 5) is 13.3. The van der Waals surface area contributed by atoms with Crippen molar-refractivity contribution >= 4 is 12.2 Å². The Hall–Kier alpha value is -2.08. The second-order valence-electron chi connectivity index (χ2n) is 5.01. The Kier molecular flexibility index (Phi) is 5.16. The largest absolute Gasteiger partial charge is 0.493 e. The van der Waals surface area contributed by atoms with Crippen molar-refractivity contribution in [3.8, 4) is 11.5 Å². The minimum atomic E-state index is -0.368. The van der Waals surface area contributed by atoms with Crippen molar-refractivity contribution in [1.29, 1.82) is 0 Å². The number of esters is 1. The molecule has 0 unspecified atom stereocenters. The summed E-state index contributed by atoms with van der Waals surface area (Å²) in [5, 5.41) is 6.52. The SMILES string of the molecule is COc1cc(/C=N\N2CCN(C)CC2)ccc1OC(C)=O. The Morgan fingerprint density at radius 2 is 1.95 bits per heavy atom. The first-order valence-corrected chi connectivity index (χ1v) is 6.92. The predicted octanol–water partition coefficient (Wildman–Crippen LogP) is 1.20. The molecule has 114 valence electrons. The number of hydrazone groups is 1. The van der Waals surface area contributed by atoms with E-state index in [1.807, 2.05) is 11.1 Å². The third-order valence-electron chi connectivity index (χ3n) is 3.29. The molecule has 0 aliphatic carbocycles. The Morgan fingerprint density at radius 1 is 1.24 bits per heavy atom. The monoisotopic (exact) mass is 291 g/mol. The lowest BCUT2D eigenvalue weighted by Gasteiger charge is -2.30. The molecule has 1 aliphatic rings. The molecule has 1 fully saturated rings. The van der Waals surface area contributed by atoms with Crippen molar-refractivity contribution in [1.82, 2.24) is 9.91 Å². The summed E-state index contributed by atoms with van der Waals surface area (Å²) in [5.74, 6) is 0.571. The molecular weight excluding hydrogens is 270 g/mol. The molecule has 1 aromatic carbocycles. The minimum absolute atomic E-state index is 0.368. The molecule has 0 N–H and O–H groups in total. The van der Waals surface area contributed by atoms with E-state index in [1.54, 1.807) is 25.5 Å². The highest BCUT2D eigenvalue weighted by Gasteiger charge is 2.11. The Bertz CT molecular complexity index is 523. The van der Waals surface area contributed by atoms with Crippen molar-refractivity contribution < 1.29 is 14.3 Å². The van der Waals surface area contributed by atoms with Crippen molar-refractivity contribution in [2.24, 2.45) is 5.10 Å². The van der Waals surface area contributed by atoms with Crippen LogP contribution in [-0.4, -0.2) is 62.4 Å². The first kappa shape index (κ1) is 15.3. The maximum Gasteiger partial charge on any atom is 0.308 e. The van der Waals surface area contributed by atoms with Gasteiger partial charge in [-0.05, 0) is 30.8 Å². The second kappa shape index (κ2) is 7.08. The number of piperazine rings is 1. The standard InChI is InChI=1S/C15H21N3O3/c1-12(19)21-14-5-4-13(10-15(14)20-3)11-16-18-8-6-17(2)7-9-18/h4-5,10-11H,6-9H2,1-3H3/b16-11-. The highest BCUT2D eigenvalue weighted by atomic mass is 16.6. The number of ether oxygens (including phenoxy) is 2. The molecule has 0 aromatic heterocycles. The summed E-state index contributed by atoms with van der Waals surface area (Å²) < 4.78 is 10.3. The van der Waals surface area contributed by atoms with Gasteiger partial charge in [-0.2, -0.15) is 5.10 Å². The zero-order chi connectivity index (χ0) is 15.2. The summed E-state index contributed by atoms with van der Waals surface area (Å²) >= 11 is 0. The van der Waals surface area contributed by atoms with Gasteiger partial charge in [-0.3, -0.25) is 9.80 Å². The number of hydrogen-bond donors (Lipinski definition) is 0. The fraction of sp³-hybridized carbons (Fsp3) is 0.467. The van der Waals surface area contributed by atoms with Gasteiger partial charge in [0.05, 0.1) is 13.3 Å². The molecule has 1 aromatic rings. The molecule has 0 bridgehead atoms. The Morgan fingerprint density at radius 3 is 2.57 bits per heavy atom. The van der Waals surface area contributed by atoms with Crippen molar-refractivity contribution in [2.75, 3.05) is 40.3 Å². The van der Waals surface area contributed by atoms with Gasteiger partial charge in [0.2, 0.25) is 0 Å². The molecule has 2 rings (SSSR count). The Balaban J connectivity index is 2.05. The molecule has 0 atom stereocenters. The summed E-state index contributed by atoms with van der Waals surface area (Å²) in [6.07, 6.45) is 1.80. The van der Waals surface area contributed by atoms with Crippen molar-refractivity contribution in [3.63, 3.8) is 0 Å². The van der Waals surface area contributed by atoms with Crippen LogP contribution in [-0.2, 0) is 4.79 Å². The maximum absolute atomic E-state index is 11.0. The molecule has 0 saturated carbocycles. The van der Waals surface area contributed by atoms with Crippen LogP contribution in [0, 0.1) is 0 Å². The quantitative estimate of drug-likeness (QED) is 0.474. The van der Waals surface area contributed by atoms with E-state index in [2.05, 4.69) is 17.0 Å². The van der Waals surface area contributed by atoms with E-state index in [-0.39, 0.29) is 5.97 Å². The first-order chi connectivity index (χ1) is 10.1. The summed E-state index contributed by atoms with van der Waals surface area (Å²) in [6.45, 7) is 5.26. The van der Waals surface area contributed by atoms with E-state index in [1.165, 1.54) is 6.92 Å². The summed E-state index contributed by atoms with van der Waals surface area (Å²) in [6, 6.07) is 5.36. The highest BCUT2D eigenvalue weighted by Crippen LogP contribution is 2.27. The van der Waals surface area contributed by atoms with E-state index >= 15 is 0 Å². The van der Waals surface area contributed by atoms with E-state index in [0.717, 1.165) is 31.7 Å². The first-order valence-electron chi connectivity index (χ1n) is 6.92. The lowest BCUT2D eigenvalue weighted by molar-refractivity contribution is -0.132. The van der Waals surface area contributed by atoms with Crippen LogP contribution in [0.2, 0.25) is 0 Å². The van der Waals surface area contributed by atoms with Crippen LogP contribution >= 0.6 is 0 Å². The number of likely N-dealkylation sites (N-methyl/N-ethyl adjacent to an activating group) is 1. The molecule has 0 radical (unpaired) electrons. The molecule has 1 aliphatic heterocycles. The van der Waals surface area contributed by atoms with Gasteiger partial charge in [-0.1, -0.05) is 0 Å². The number of carbonyl (C=O) groups is 1. The molecular formula is C15H21N3O3. The lowest BCUT2D eigenvalue weighted by Crippen LogP contribution is -2.41. The van der Waals surface area contributed by atoms with Crippen LogP contribution in [0.5, 0.6) is 11.5 Å². The fourth-order valence-corrected chi connectivity index (χ4v) is 2.06. The van der Waals surface area contributed by atoms with Gasteiger partial charge < -0.3 is 14.4 Å². The second-order valence-corrected chi connectivity index (χ2v) is 5.01. The maximum atomic E-state index is 11.0. The third-order valence-corrected chi connectivity index (χ3v) is 3.29. The normalized spacial score (nSPS) is 16.2. The van der Waals surface area contributed by atoms with Crippen LogP contribution in [0.1, 0.15) is 12.5 Å². The number of nitrogens with zero attached hydrogens (tertiary/aromatic N) is 3. The van der Waals surface area contributed by atoms with Crippen LogP contribution < -0.4 is 9.47 Å². The van der Waals surface area contributed by atoms with Gasteiger partial charge in [0, 0.05) is 33.1 Å². The number of rotatable bonds is 4. The van der Waals surface area contributed by atoms with Gasteiger partial charge in [-0.15, -0.1) is 0 Å². The van der Waals surface area contributed by atoms with Gasteiger partial charge in [0.15, 0.2) is 11.5 Å². The van der Waals surface area contributed by atoms with Gasteiger partial charge >= 0.3 is 5.97 Å². The number of benzene rings is 1. The topological polar surface area (TPSA) is 54.4 Å². The van der Waals surface area contributed by atoms with Gasteiger partial charge in [-0.25, -0.2) is 0 Å². The molecule has 21 heavy (non-hydrogen) atoms. The zero-order valence-corrected chi connectivity index (χ0v) is 12.7. The lowest BCUT2D eigenvalue weighted by atomic mass is 10.2. The van der Waals surface area contributed by atoms with E-state index in [9.17, 15) is 4.79 Å². The molecule has 0 spiro atoms. The van der Waals surface area contributed by atoms with Gasteiger partial charge in [0.25, 0.3) is 0 Å². The zero-order valence-electron chi connectivity index (χ0n) is 12.7. The molecule has 6 heteroatoms. The smallest absolute Gasteiger partial charge is 0.308 e. The average Bonchev–Trinajstić information content (AvgIpc) is 2.47. The Labute approximate surface area is 124 Å². The molecule has 1 saturated heterocycles. The van der Waals surface area contributed by atoms with Crippen LogP contribution in [0.3, 0.4) is 0 Å². The minimum Gasteiger partial charge on any atom is -0.493 e. The van der Waals surface area contributed by atoms with E-state index in [0.29, 0.717) is 11.5 Å². The molecule has 0 amide bonds. The number of methoxy groups -OCH3 is 1. The summed E-state index contributed by atoms with van der Waals surface area (Å²) in [7, 11) is 3.66. The van der Waals surface area contributed by atoms with Gasteiger partial charge in [0.1, 0.15) is 0 Å². The third kappa shape index (κ3) is 4.46. The fourth-order valence-electron chi connectivity index (χ4n) is 2.06. The van der Waals surface area contributed by atoms with Crippen LogP contribution in [0.4, 0.5) is 0 Å². The molecule has 1 heterocycles. The predicted molar refractivity (Wildman–Crippen MR) is 81.0 cm³/mol. The van der Waals surface area contributed by atoms with Crippen LogP contribution in [0.15, 0.2) is 23.3 Å². The average molecular weight is 291 g/mol. The van der Waals surface area contributed by atoms with E-state index < -0.39 is 0 Å².